The van der Waals surface area contributed by atoms with Gasteiger partial charge in [-0.05, 0) is 74.9 Å². The number of halogens is 1. The molecule has 1 amide bonds. The zero-order valence-electron chi connectivity index (χ0n) is 19.0. The SMILES string of the molecule is CCOC(=O)c1ccc(C)c(NC(=O)CN(c2ccc(Cl)cc2)S(=O)(=O)c2ccc(C)cc2)c1. The van der Waals surface area contributed by atoms with E-state index in [1.54, 1.807) is 50.2 Å². The fraction of sp³-hybridized carbons (Fsp3) is 0.200. The highest BCUT2D eigenvalue weighted by Gasteiger charge is 2.27. The molecule has 0 unspecified atom stereocenters. The molecule has 0 heterocycles. The highest BCUT2D eigenvalue weighted by atomic mass is 35.5. The van der Waals surface area contributed by atoms with Crippen LogP contribution in [0.25, 0.3) is 0 Å². The molecular weight excluding hydrogens is 476 g/mol. The van der Waals surface area contributed by atoms with Crippen molar-refractivity contribution < 1.29 is 22.7 Å². The van der Waals surface area contributed by atoms with Gasteiger partial charge in [-0.15, -0.1) is 0 Å². The molecule has 0 saturated heterocycles. The molecule has 7 nitrogen and oxygen atoms in total. The van der Waals surface area contributed by atoms with Gasteiger partial charge in [-0.1, -0.05) is 35.4 Å². The zero-order valence-corrected chi connectivity index (χ0v) is 20.6. The van der Waals surface area contributed by atoms with Gasteiger partial charge in [0.1, 0.15) is 6.54 Å². The molecule has 0 spiro atoms. The molecule has 178 valence electrons. The summed E-state index contributed by atoms with van der Waals surface area (Å²) in [6.45, 7) is 5.06. The molecule has 0 radical (unpaired) electrons. The van der Waals surface area contributed by atoms with E-state index in [9.17, 15) is 18.0 Å². The number of hydrogen-bond donors (Lipinski definition) is 1. The largest absolute Gasteiger partial charge is 0.462 e. The molecule has 0 fully saturated rings. The number of nitrogens with one attached hydrogen (secondary N) is 1. The van der Waals surface area contributed by atoms with Crippen molar-refractivity contribution in [3.63, 3.8) is 0 Å². The van der Waals surface area contributed by atoms with Gasteiger partial charge < -0.3 is 10.1 Å². The Balaban J connectivity index is 1.92. The monoisotopic (exact) mass is 500 g/mol. The Hall–Kier alpha value is -3.36. The van der Waals surface area contributed by atoms with Crippen molar-refractivity contribution in [2.75, 3.05) is 22.8 Å². The molecule has 1 N–H and O–H groups in total. The fourth-order valence-corrected chi connectivity index (χ4v) is 4.73. The number of aryl methyl sites for hydroxylation is 2. The average Bonchev–Trinajstić information content (AvgIpc) is 2.80. The molecule has 0 aliphatic heterocycles. The third kappa shape index (κ3) is 5.95. The minimum Gasteiger partial charge on any atom is -0.462 e. The van der Waals surface area contributed by atoms with Crippen LogP contribution >= 0.6 is 11.6 Å². The first-order chi connectivity index (χ1) is 16.1. The summed E-state index contributed by atoms with van der Waals surface area (Å²) < 4.78 is 32.9. The first-order valence-electron chi connectivity index (χ1n) is 10.5. The predicted octanol–water partition coefficient (Wildman–Crippen LogP) is 4.97. The number of esters is 1. The second-order valence-corrected chi connectivity index (χ2v) is 9.90. The maximum Gasteiger partial charge on any atom is 0.338 e. The summed E-state index contributed by atoms with van der Waals surface area (Å²) in [6, 6.07) is 17.4. The molecule has 0 aromatic heterocycles. The van der Waals surface area contributed by atoms with E-state index in [-0.39, 0.29) is 22.8 Å². The Morgan fingerprint density at radius 3 is 2.24 bits per heavy atom. The number of benzene rings is 3. The maximum atomic E-state index is 13.5. The van der Waals surface area contributed by atoms with E-state index in [0.717, 1.165) is 9.87 Å². The van der Waals surface area contributed by atoms with Crippen molar-refractivity contribution in [1.82, 2.24) is 0 Å². The van der Waals surface area contributed by atoms with Crippen LogP contribution in [0.1, 0.15) is 28.4 Å². The Morgan fingerprint density at radius 2 is 1.62 bits per heavy atom. The van der Waals surface area contributed by atoms with Crippen molar-refractivity contribution >= 4 is 44.9 Å². The number of rotatable bonds is 8. The van der Waals surface area contributed by atoms with Crippen molar-refractivity contribution in [2.45, 2.75) is 25.7 Å². The number of ether oxygens (including phenoxy) is 1. The van der Waals surface area contributed by atoms with Crippen molar-refractivity contribution in [2.24, 2.45) is 0 Å². The summed E-state index contributed by atoms with van der Waals surface area (Å²) in [7, 11) is -4.05. The minimum absolute atomic E-state index is 0.0568. The van der Waals surface area contributed by atoms with Gasteiger partial charge in [0.2, 0.25) is 5.91 Å². The van der Waals surface area contributed by atoms with Gasteiger partial charge in [0.25, 0.3) is 10.0 Å². The number of nitrogens with zero attached hydrogens (tertiary/aromatic N) is 1. The first kappa shape index (κ1) is 25.3. The zero-order chi connectivity index (χ0) is 24.9. The fourth-order valence-electron chi connectivity index (χ4n) is 3.18. The first-order valence-corrected chi connectivity index (χ1v) is 12.4. The molecule has 34 heavy (non-hydrogen) atoms. The predicted molar refractivity (Wildman–Crippen MR) is 133 cm³/mol. The molecule has 9 heteroatoms. The molecule has 3 aromatic carbocycles. The lowest BCUT2D eigenvalue weighted by molar-refractivity contribution is -0.114. The van der Waals surface area contributed by atoms with Crippen molar-refractivity contribution in [3.05, 3.63) is 88.4 Å². The van der Waals surface area contributed by atoms with Crippen LogP contribution in [0.5, 0.6) is 0 Å². The molecule has 0 bridgehead atoms. The standard InChI is InChI=1S/C25H25ClN2O5S/c1-4-33-25(30)19-8-7-18(3)23(15-19)27-24(29)16-28(21-11-9-20(26)10-12-21)34(31,32)22-13-5-17(2)6-14-22/h5-15H,4,16H2,1-3H3,(H,27,29). The lowest BCUT2D eigenvalue weighted by atomic mass is 10.1. The van der Waals surface area contributed by atoms with Crippen molar-refractivity contribution in [1.29, 1.82) is 0 Å². The molecule has 0 atom stereocenters. The summed E-state index contributed by atoms with van der Waals surface area (Å²) in [5.74, 6) is -1.09. The number of anilines is 2. The van der Waals surface area contributed by atoms with E-state index in [1.807, 2.05) is 6.92 Å². The van der Waals surface area contributed by atoms with Crippen molar-refractivity contribution in [3.8, 4) is 0 Å². The van der Waals surface area contributed by atoms with Gasteiger partial charge in [0.05, 0.1) is 22.8 Å². The highest BCUT2D eigenvalue weighted by molar-refractivity contribution is 7.92. The van der Waals surface area contributed by atoms with E-state index >= 15 is 0 Å². The number of carbonyl (C=O) groups is 2. The average molecular weight is 501 g/mol. The number of carbonyl (C=O) groups excluding carboxylic acids is 2. The Morgan fingerprint density at radius 1 is 0.971 bits per heavy atom. The second kappa shape index (κ2) is 10.7. The number of hydrogen-bond acceptors (Lipinski definition) is 5. The van der Waals surface area contributed by atoms with Gasteiger partial charge in [-0.2, -0.15) is 0 Å². The van der Waals surface area contributed by atoms with Crippen LogP contribution in [-0.4, -0.2) is 33.4 Å². The lowest BCUT2D eigenvalue weighted by Crippen LogP contribution is -2.38. The minimum atomic E-state index is -4.05. The van der Waals surface area contributed by atoms with Gasteiger partial charge in [-0.25, -0.2) is 13.2 Å². The third-order valence-corrected chi connectivity index (χ3v) is 7.07. The summed E-state index contributed by atoms with van der Waals surface area (Å²) in [4.78, 5) is 25.1. The van der Waals surface area contributed by atoms with Crippen LogP contribution in [0, 0.1) is 13.8 Å². The van der Waals surface area contributed by atoms with Crippen LogP contribution in [0.3, 0.4) is 0 Å². The Labute approximate surface area is 204 Å². The van der Waals surface area contributed by atoms with Gasteiger partial charge in [0.15, 0.2) is 0 Å². The summed E-state index contributed by atoms with van der Waals surface area (Å²) in [6.07, 6.45) is 0. The quantitative estimate of drug-likeness (QED) is 0.441. The van der Waals surface area contributed by atoms with Crippen LogP contribution in [0.15, 0.2) is 71.6 Å². The van der Waals surface area contributed by atoms with Gasteiger partial charge >= 0.3 is 5.97 Å². The van der Waals surface area contributed by atoms with E-state index in [0.29, 0.717) is 16.3 Å². The van der Waals surface area contributed by atoms with Gasteiger partial charge in [-0.3, -0.25) is 9.10 Å². The maximum absolute atomic E-state index is 13.5. The molecule has 0 saturated carbocycles. The van der Waals surface area contributed by atoms with E-state index in [1.165, 1.54) is 30.3 Å². The number of sulfonamides is 1. The Kier molecular flexibility index (Phi) is 7.96. The molecule has 3 aromatic rings. The van der Waals surface area contributed by atoms with Crippen LogP contribution in [0.4, 0.5) is 11.4 Å². The molecule has 0 aliphatic rings. The van der Waals surface area contributed by atoms with Crippen LogP contribution in [-0.2, 0) is 19.6 Å². The lowest BCUT2D eigenvalue weighted by Gasteiger charge is -2.24. The summed E-state index contributed by atoms with van der Waals surface area (Å²) in [5, 5.41) is 3.15. The Bertz CT molecular complexity index is 1290. The van der Waals surface area contributed by atoms with Gasteiger partial charge in [0, 0.05) is 10.7 Å². The molecular formula is C25H25ClN2O5S. The normalized spacial score (nSPS) is 11.1. The van der Waals surface area contributed by atoms with E-state index < -0.39 is 28.4 Å². The smallest absolute Gasteiger partial charge is 0.338 e. The summed E-state index contributed by atoms with van der Waals surface area (Å²) >= 11 is 5.97. The highest BCUT2D eigenvalue weighted by Crippen LogP contribution is 2.26. The topological polar surface area (TPSA) is 92.8 Å². The van der Waals surface area contributed by atoms with E-state index in [2.05, 4.69) is 5.32 Å². The van der Waals surface area contributed by atoms with Crippen LogP contribution in [0.2, 0.25) is 5.02 Å². The third-order valence-electron chi connectivity index (χ3n) is 5.03. The van der Waals surface area contributed by atoms with E-state index in [4.69, 9.17) is 16.3 Å². The number of amides is 1. The molecule has 0 aliphatic carbocycles. The molecule has 3 rings (SSSR count). The second-order valence-electron chi connectivity index (χ2n) is 7.60. The summed E-state index contributed by atoms with van der Waals surface area (Å²) in [5.41, 5.74) is 2.58. The van der Waals surface area contributed by atoms with Crippen LogP contribution < -0.4 is 9.62 Å².